The fraction of sp³-hybridized carbons (Fsp3) is 0.714. The van der Waals surface area contributed by atoms with E-state index in [1.54, 1.807) is 6.08 Å². The molecule has 1 atom stereocenters. The molecule has 4 heteroatoms. The van der Waals surface area contributed by atoms with Gasteiger partial charge in [0, 0.05) is 0 Å². The summed E-state index contributed by atoms with van der Waals surface area (Å²) in [7, 11) is 0. The first-order valence-corrected chi connectivity index (χ1v) is 5.68. The Labute approximate surface area is 92.6 Å². The molecule has 1 nitrogen and oxygen atoms in total. The summed E-state index contributed by atoms with van der Waals surface area (Å²) < 4.78 is -0.594. The van der Waals surface area contributed by atoms with Crippen LogP contribution in [0.25, 0.3) is 0 Å². The van der Waals surface area contributed by atoms with E-state index in [0.29, 0.717) is 0 Å². The first kappa shape index (κ1) is 12.1. The van der Waals surface area contributed by atoms with Crippen molar-refractivity contribution in [1.82, 2.24) is 0 Å². The third-order valence-electron chi connectivity index (χ3n) is 1.34. The fourth-order valence-corrected chi connectivity index (χ4v) is 0.878. The quantitative estimate of drug-likeness (QED) is 0.596. The number of halogens is 3. The van der Waals surface area contributed by atoms with Crippen molar-refractivity contribution in [2.24, 2.45) is 0 Å². The fourth-order valence-electron chi connectivity index (χ4n) is 0.482. The van der Waals surface area contributed by atoms with Crippen molar-refractivity contribution in [3.63, 3.8) is 0 Å². The smallest absolute Gasteiger partial charge is 0.164 e. The maximum absolute atomic E-state index is 9.47. The summed E-state index contributed by atoms with van der Waals surface area (Å²) >= 11 is 9.72. The Balaban J connectivity index is 4.17. The minimum atomic E-state index is -0.594. The Morgan fingerprint density at radius 3 is 2.27 bits per heavy atom. The van der Waals surface area contributed by atoms with Crippen LogP contribution in [0, 0.1) is 0 Å². The van der Waals surface area contributed by atoms with Gasteiger partial charge < -0.3 is 5.11 Å². The molecule has 0 heterocycles. The molecule has 66 valence electrons. The molecular weight excluding hydrogens is 340 g/mol. The monoisotopic (exact) mass is 348 g/mol. The molecule has 0 aliphatic heterocycles. The molecule has 0 fully saturated rings. The molecular formula is C7H11Br3O. The molecule has 0 aromatic rings. The van der Waals surface area contributed by atoms with Crippen molar-refractivity contribution in [1.29, 1.82) is 0 Å². The summed E-state index contributed by atoms with van der Waals surface area (Å²) in [5.41, 5.74) is 1.17. The normalized spacial score (nSPS) is 16.7. The highest BCUT2D eigenvalue weighted by Gasteiger charge is 2.26. The highest BCUT2D eigenvalue weighted by atomic mass is 80.0. The Bertz CT molecular complexity index is 148. The van der Waals surface area contributed by atoms with E-state index in [1.165, 1.54) is 5.57 Å². The van der Waals surface area contributed by atoms with Gasteiger partial charge in [-0.2, -0.15) is 0 Å². The molecule has 0 aromatic carbocycles. The van der Waals surface area contributed by atoms with E-state index < -0.39 is 8.25 Å². The van der Waals surface area contributed by atoms with Gasteiger partial charge in [-0.05, 0) is 13.3 Å². The first-order chi connectivity index (χ1) is 4.88. The highest BCUT2D eigenvalue weighted by molar-refractivity contribution is 9.39. The molecule has 11 heavy (non-hydrogen) atoms. The number of aliphatic hydroxyl groups excluding tert-OH is 1. The van der Waals surface area contributed by atoms with E-state index in [9.17, 15) is 5.11 Å². The maximum Gasteiger partial charge on any atom is 0.164 e. The number of hydrogen-bond acceptors (Lipinski definition) is 1. The lowest BCUT2D eigenvalue weighted by Crippen LogP contribution is -2.21. The molecule has 0 saturated carbocycles. The second-order valence-electron chi connectivity index (χ2n) is 2.35. The number of rotatable bonds is 2. The lowest BCUT2D eigenvalue weighted by molar-refractivity contribution is 0.237. The summed E-state index contributed by atoms with van der Waals surface area (Å²) in [5, 5.41) is 9.47. The predicted molar refractivity (Wildman–Crippen MR) is 59.6 cm³/mol. The molecule has 0 aliphatic carbocycles. The van der Waals surface area contributed by atoms with Crippen molar-refractivity contribution >= 4 is 47.8 Å². The van der Waals surface area contributed by atoms with Crippen LogP contribution in [0.4, 0.5) is 0 Å². The van der Waals surface area contributed by atoms with Gasteiger partial charge in [-0.15, -0.1) is 0 Å². The molecule has 0 rings (SSSR count). The molecule has 1 unspecified atom stereocenters. The molecule has 0 aliphatic rings. The Kier molecular flexibility index (Phi) is 5.51. The van der Waals surface area contributed by atoms with Crippen LogP contribution in [-0.4, -0.2) is 13.4 Å². The van der Waals surface area contributed by atoms with Crippen LogP contribution in [0.1, 0.15) is 20.3 Å². The van der Waals surface area contributed by atoms with E-state index in [2.05, 4.69) is 54.7 Å². The van der Waals surface area contributed by atoms with E-state index in [0.717, 1.165) is 6.42 Å². The first-order valence-electron chi connectivity index (χ1n) is 3.30. The summed E-state index contributed by atoms with van der Waals surface area (Å²) in [6.45, 7) is 4.04. The number of allylic oxidation sites excluding steroid dienone is 1. The lowest BCUT2D eigenvalue weighted by Gasteiger charge is -2.17. The second kappa shape index (κ2) is 5.00. The average Bonchev–Trinajstić information content (AvgIpc) is 1.85. The zero-order valence-corrected chi connectivity index (χ0v) is 11.2. The summed E-state index contributed by atoms with van der Waals surface area (Å²) in [6, 6.07) is 0. The van der Waals surface area contributed by atoms with Gasteiger partial charge in [0.15, 0.2) is 2.14 Å². The number of alkyl halides is 3. The van der Waals surface area contributed by atoms with Gasteiger partial charge in [0.1, 0.15) is 6.10 Å². The Morgan fingerprint density at radius 2 is 2.00 bits per heavy atom. The van der Waals surface area contributed by atoms with Crippen LogP contribution >= 0.6 is 47.8 Å². The van der Waals surface area contributed by atoms with Gasteiger partial charge in [-0.3, -0.25) is 0 Å². The van der Waals surface area contributed by atoms with Gasteiger partial charge in [0.25, 0.3) is 0 Å². The SMILES string of the molecule is CC/C(C)=C/C(O)C(Br)(Br)Br. The standard InChI is InChI=1S/C7H11Br3O/c1-3-5(2)4-6(11)7(8,9)10/h4,6,11H,3H2,1-2H3/b5-4+. The summed E-state index contributed by atoms with van der Waals surface area (Å²) in [4.78, 5) is 0. The maximum atomic E-state index is 9.47. The summed E-state index contributed by atoms with van der Waals surface area (Å²) in [5.74, 6) is 0. The Hall–Kier alpha value is 1.14. The van der Waals surface area contributed by atoms with Gasteiger partial charge in [0.2, 0.25) is 0 Å². The van der Waals surface area contributed by atoms with Crippen LogP contribution < -0.4 is 0 Å². The topological polar surface area (TPSA) is 20.2 Å². The molecule has 0 spiro atoms. The van der Waals surface area contributed by atoms with Gasteiger partial charge in [0.05, 0.1) is 0 Å². The molecule has 1 N–H and O–H groups in total. The predicted octanol–water partition coefficient (Wildman–Crippen LogP) is 3.54. The van der Waals surface area contributed by atoms with E-state index in [1.807, 2.05) is 6.92 Å². The third kappa shape index (κ3) is 5.39. The van der Waals surface area contributed by atoms with E-state index in [-0.39, 0.29) is 0 Å². The van der Waals surface area contributed by atoms with Crippen molar-refractivity contribution in [2.45, 2.75) is 28.5 Å². The van der Waals surface area contributed by atoms with Crippen molar-refractivity contribution < 1.29 is 5.11 Å². The van der Waals surface area contributed by atoms with Crippen molar-refractivity contribution in [3.8, 4) is 0 Å². The van der Waals surface area contributed by atoms with Gasteiger partial charge >= 0.3 is 0 Å². The zero-order valence-electron chi connectivity index (χ0n) is 6.44. The Morgan fingerprint density at radius 1 is 1.55 bits per heavy atom. The van der Waals surface area contributed by atoms with Crippen molar-refractivity contribution in [2.75, 3.05) is 0 Å². The van der Waals surface area contributed by atoms with Gasteiger partial charge in [-0.1, -0.05) is 66.4 Å². The van der Waals surface area contributed by atoms with E-state index in [4.69, 9.17) is 0 Å². The zero-order chi connectivity index (χ0) is 9.07. The van der Waals surface area contributed by atoms with Gasteiger partial charge in [-0.25, -0.2) is 0 Å². The summed E-state index contributed by atoms with van der Waals surface area (Å²) in [6.07, 6.45) is 2.20. The largest absolute Gasteiger partial charge is 0.386 e. The van der Waals surface area contributed by atoms with Crippen molar-refractivity contribution in [3.05, 3.63) is 11.6 Å². The van der Waals surface area contributed by atoms with Crippen LogP contribution in [0.2, 0.25) is 0 Å². The number of aliphatic hydroxyl groups is 1. The average molecular weight is 351 g/mol. The molecule has 0 bridgehead atoms. The van der Waals surface area contributed by atoms with Crippen LogP contribution in [0.15, 0.2) is 11.6 Å². The second-order valence-corrected chi connectivity index (χ2v) is 9.30. The minimum Gasteiger partial charge on any atom is -0.386 e. The molecule has 0 aromatic heterocycles. The minimum absolute atomic E-state index is 0.567. The highest BCUT2D eigenvalue weighted by Crippen LogP contribution is 2.37. The van der Waals surface area contributed by atoms with E-state index >= 15 is 0 Å². The third-order valence-corrected chi connectivity index (χ3v) is 2.74. The molecule has 0 radical (unpaired) electrons. The number of hydrogen-bond donors (Lipinski definition) is 1. The lowest BCUT2D eigenvalue weighted by atomic mass is 10.2. The van der Waals surface area contributed by atoms with Crippen LogP contribution in [0.5, 0.6) is 0 Å². The van der Waals surface area contributed by atoms with Crippen LogP contribution in [0.3, 0.4) is 0 Å². The molecule has 0 saturated heterocycles. The van der Waals surface area contributed by atoms with Crippen LogP contribution in [-0.2, 0) is 0 Å². The molecule has 0 amide bonds.